The summed E-state index contributed by atoms with van der Waals surface area (Å²) in [6.45, 7) is 9.52. The second-order valence-electron chi connectivity index (χ2n) is 14.2. The minimum atomic E-state index is 0.232. The topological polar surface area (TPSA) is 44.7 Å². The number of amides is 1. The summed E-state index contributed by atoms with van der Waals surface area (Å²) in [7, 11) is 0. The molecule has 260 valence electrons. The lowest BCUT2D eigenvalue weighted by atomic mass is 10.0. The van der Waals surface area contributed by atoms with Gasteiger partial charge < -0.3 is 10.2 Å². The quantitative estimate of drug-likeness (QED) is 0.0730. The van der Waals surface area contributed by atoms with Crippen LogP contribution in [0.15, 0.2) is 4.99 Å². The molecule has 0 radical (unpaired) electrons. The van der Waals surface area contributed by atoms with E-state index in [0.29, 0.717) is 12.5 Å². The van der Waals surface area contributed by atoms with E-state index in [1.165, 1.54) is 186 Å². The zero-order valence-electron chi connectivity index (χ0n) is 30.4. The van der Waals surface area contributed by atoms with Crippen molar-refractivity contribution in [3.63, 3.8) is 0 Å². The van der Waals surface area contributed by atoms with Crippen molar-refractivity contribution < 1.29 is 4.79 Å². The summed E-state index contributed by atoms with van der Waals surface area (Å²) in [5, 5.41) is 3.21. The van der Waals surface area contributed by atoms with E-state index >= 15 is 0 Å². The van der Waals surface area contributed by atoms with Crippen molar-refractivity contribution in [2.75, 3.05) is 19.6 Å². The first-order valence-electron chi connectivity index (χ1n) is 20.3. The molecule has 0 spiro atoms. The summed E-state index contributed by atoms with van der Waals surface area (Å²) in [4.78, 5) is 19.7. The Morgan fingerprint density at radius 2 is 0.955 bits per heavy atom. The van der Waals surface area contributed by atoms with Gasteiger partial charge in [-0.1, -0.05) is 187 Å². The molecule has 1 rings (SSSR count). The number of amidine groups is 1. The van der Waals surface area contributed by atoms with Gasteiger partial charge in [0.2, 0.25) is 5.91 Å². The highest BCUT2D eigenvalue weighted by molar-refractivity contribution is 5.84. The van der Waals surface area contributed by atoms with E-state index in [1.807, 2.05) is 0 Å². The predicted molar refractivity (Wildman–Crippen MR) is 196 cm³/mol. The smallest absolute Gasteiger partial charge is 0.220 e. The highest BCUT2D eigenvalue weighted by Crippen LogP contribution is 2.17. The fraction of sp³-hybridized carbons (Fsp3) is 0.950. The Bertz CT molecular complexity index is 649. The SMILES string of the molecule is CCCCCCCCCCCCCCCCCCC1=NCCN1C(C)CNC(=O)CCCCCCCCCCCCCCC. The average Bonchev–Trinajstić information content (AvgIpc) is 3.50. The lowest BCUT2D eigenvalue weighted by Gasteiger charge is -2.28. The maximum absolute atomic E-state index is 12.4. The molecule has 4 heteroatoms. The molecule has 0 saturated carbocycles. The molecule has 0 aromatic heterocycles. The Labute approximate surface area is 276 Å². The standard InChI is InChI=1S/C40H79N3O/c1-4-6-8-10-12-14-16-18-19-20-22-23-25-27-29-31-33-39-41-35-36-43(39)38(3)37-42-40(44)34-32-30-28-26-24-21-17-15-13-11-9-7-5-2/h38H,4-37H2,1-3H3,(H,42,44). The van der Waals surface area contributed by atoms with Gasteiger partial charge >= 0.3 is 0 Å². The van der Waals surface area contributed by atoms with Crippen LogP contribution in [0, 0.1) is 0 Å². The summed E-state index contributed by atoms with van der Waals surface area (Å²) in [5.41, 5.74) is 0. The van der Waals surface area contributed by atoms with Crippen molar-refractivity contribution in [1.29, 1.82) is 0 Å². The zero-order chi connectivity index (χ0) is 31.8. The molecule has 0 aromatic carbocycles. The largest absolute Gasteiger partial charge is 0.354 e. The van der Waals surface area contributed by atoms with Crippen molar-refractivity contribution >= 4 is 11.7 Å². The zero-order valence-corrected chi connectivity index (χ0v) is 30.4. The molecule has 1 N–H and O–H groups in total. The lowest BCUT2D eigenvalue weighted by Crippen LogP contribution is -2.43. The molecule has 0 aliphatic carbocycles. The van der Waals surface area contributed by atoms with Gasteiger partial charge in [-0.25, -0.2) is 0 Å². The minimum Gasteiger partial charge on any atom is -0.354 e. The van der Waals surface area contributed by atoms with Gasteiger partial charge in [0, 0.05) is 32.0 Å². The van der Waals surface area contributed by atoms with E-state index in [2.05, 4.69) is 31.0 Å². The fourth-order valence-electron chi connectivity index (χ4n) is 6.80. The van der Waals surface area contributed by atoms with Crippen LogP contribution in [-0.4, -0.2) is 42.3 Å². The van der Waals surface area contributed by atoms with Gasteiger partial charge in [0.1, 0.15) is 0 Å². The van der Waals surface area contributed by atoms with Gasteiger partial charge in [-0.2, -0.15) is 0 Å². The van der Waals surface area contributed by atoms with Gasteiger partial charge in [-0.15, -0.1) is 0 Å². The van der Waals surface area contributed by atoms with E-state index in [9.17, 15) is 4.79 Å². The molecule has 1 aliphatic rings. The Kier molecular flexibility index (Phi) is 29.7. The van der Waals surface area contributed by atoms with Gasteiger partial charge in [-0.05, 0) is 19.8 Å². The van der Waals surface area contributed by atoms with Crippen LogP contribution in [0.25, 0.3) is 0 Å². The second-order valence-corrected chi connectivity index (χ2v) is 14.2. The Morgan fingerprint density at radius 3 is 1.36 bits per heavy atom. The van der Waals surface area contributed by atoms with Crippen LogP contribution in [0.2, 0.25) is 0 Å². The Hall–Kier alpha value is -1.06. The van der Waals surface area contributed by atoms with Crippen LogP contribution in [0.1, 0.15) is 220 Å². The van der Waals surface area contributed by atoms with Crippen molar-refractivity contribution in [3.8, 4) is 0 Å². The molecular weight excluding hydrogens is 538 g/mol. The number of rotatable bonds is 34. The van der Waals surface area contributed by atoms with Crippen LogP contribution >= 0.6 is 0 Å². The Balaban J connectivity index is 1.91. The van der Waals surface area contributed by atoms with E-state index in [4.69, 9.17) is 4.99 Å². The number of aliphatic imine (C=N–C) groups is 1. The number of hydrogen-bond donors (Lipinski definition) is 1. The third-order valence-electron chi connectivity index (χ3n) is 9.85. The van der Waals surface area contributed by atoms with Crippen molar-refractivity contribution in [1.82, 2.24) is 10.2 Å². The maximum atomic E-state index is 12.4. The van der Waals surface area contributed by atoms with Crippen LogP contribution in [-0.2, 0) is 4.79 Å². The van der Waals surface area contributed by atoms with E-state index in [1.54, 1.807) is 0 Å². The monoisotopic (exact) mass is 618 g/mol. The molecule has 0 aromatic rings. The summed E-state index contributed by atoms with van der Waals surface area (Å²) >= 11 is 0. The maximum Gasteiger partial charge on any atom is 0.220 e. The number of carbonyl (C=O) groups is 1. The first-order chi connectivity index (χ1) is 21.7. The average molecular weight is 618 g/mol. The number of unbranched alkanes of at least 4 members (excludes halogenated alkanes) is 27. The molecule has 44 heavy (non-hydrogen) atoms. The molecule has 0 bridgehead atoms. The highest BCUT2D eigenvalue weighted by Gasteiger charge is 2.22. The minimum absolute atomic E-state index is 0.232. The highest BCUT2D eigenvalue weighted by atomic mass is 16.1. The summed E-state index contributed by atoms with van der Waals surface area (Å²) in [6, 6.07) is 0.341. The molecule has 0 fully saturated rings. The van der Waals surface area contributed by atoms with E-state index in [0.717, 1.165) is 32.5 Å². The first kappa shape index (κ1) is 41.0. The third kappa shape index (κ3) is 25.2. The number of hydrogen-bond acceptors (Lipinski definition) is 3. The van der Waals surface area contributed by atoms with E-state index in [-0.39, 0.29) is 5.91 Å². The Morgan fingerprint density at radius 1 is 0.591 bits per heavy atom. The molecular formula is C40H79N3O. The van der Waals surface area contributed by atoms with Gasteiger partial charge in [0.15, 0.2) is 0 Å². The van der Waals surface area contributed by atoms with Gasteiger partial charge in [-0.3, -0.25) is 9.79 Å². The van der Waals surface area contributed by atoms with Crippen LogP contribution < -0.4 is 5.32 Å². The number of nitrogens with one attached hydrogen (secondary N) is 1. The normalized spacial score (nSPS) is 13.9. The van der Waals surface area contributed by atoms with Crippen LogP contribution in [0.4, 0.5) is 0 Å². The summed E-state index contributed by atoms with van der Waals surface area (Å²) in [6.07, 6.45) is 41.9. The van der Waals surface area contributed by atoms with Crippen LogP contribution in [0.5, 0.6) is 0 Å². The van der Waals surface area contributed by atoms with Crippen molar-refractivity contribution in [3.05, 3.63) is 0 Å². The molecule has 4 nitrogen and oxygen atoms in total. The van der Waals surface area contributed by atoms with Crippen LogP contribution in [0.3, 0.4) is 0 Å². The fourth-order valence-corrected chi connectivity index (χ4v) is 6.80. The predicted octanol–water partition coefficient (Wildman–Crippen LogP) is 12.3. The number of nitrogens with zero attached hydrogens (tertiary/aromatic N) is 2. The molecule has 0 saturated heterocycles. The lowest BCUT2D eigenvalue weighted by molar-refractivity contribution is -0.121. The first-order valence-corrected chi connectivity index (χ1v) is 20.3. The summed E-state index contributed by atoms with van der Waals surface area (Å²) < 4.78 is 0. The number of carbonyl (C=O) groups excluding carboxylic acids is 1. The molecule has 1 aliphatic heterocycles. The van der Waals surface area contributed by atoms with Crippen molar-refractivity contribution in [2.45, 2.75) is 226 Å². The molecule has 1 amide bonds. The third-order valence-corrected chi connectivity index (χ3v) is 9.85. The van der Waals surface area contributed by atoms with Gasteiger partial charge in [0.25, 0.3) is 0 Å². The van der Waals surface area contributed by atoms with Crippen molar-refractivity contribution in [2.24, 2.45) is 4.99 Å². The van der Waals surface area contributed by atoms with E-state index < -0.39 is 0 Å². The van der Waals surface area contributed by atoms with Gasteiger partial charge in [0.05, 0.1) is 12.4 Å². The summed E-state index contributed by atoms with van der Waals surface area (Å²) in [5.74, 6) is 1.52. The molecule has 1 heterocycles. The molecule has 1 atom stereocenters. The molecule has 1 unspecified atom stereocenters. The second kappa shape index (κ2) is 31.9.